The molecule has 0 aliphatic rings. The highest BCUT2D eigenvalue weighted by Gasteiger charge is 2.31. The van der Waals surface area contributed by atoms with Gasteiger partial charge in [0.15, 0.2) is 5.82 Å². The van der Waals surface area contributed by atoms with Crippen LogP contribution in [0.4, 0.5) is 0 Å². The lowest BCUT2D eigenvalue weighted by molar-refractivity contribution is 0.145. The summed E-state index contributed by atoms with van der Waals surface area (Å²) in [5, 5.41) is 14.0. The zero-order valence-electron chi connectivity index (χ0n) is 21.5. The summed E-state index contributed by atoms with van der Waals surface area (Å²) >= 11 is 0. The number of aromatic amines is 1. The van der Waals surface area contributed by atoms with Gasteiger partial charge < -0.3 is 4.98 Å². The third-order valence-electron chi connectivity index (χ3n) is 7.00. The van der Waals surface area contributed by atoms with Gasteiger partial charge in [-0.15, -0.1) is 5.10 Å². The number of para-hydroxylation sites is 1. The molecule has 7 nitrogen and oxygen atoms in total. The molecular formula is C28H36N6O. The van der Waals surface area contributed by atoms with Crippen molar-refractivity contribution >= 4 is 10.9 Å². The molecule has 0 saturated heterocycles. The summed E-state index contributed by atoms with van der Waals surface area (Å²) in [6.45, 7) is 11.9. The summed E-state index contributed by atoms with van der Waals surface area (Å²) in [4.78, 5) is 18.6. The molecule has 0 fully saturated rings. The molecule has 0 amide bonds. The molecule has 2 heterocycles. The highest BCUT2D eigenvalue weighted by atomic mass is 16.1. The number of tetrazole rings is 1. The third-order valence-corrected chi connectivity index (χ3v) is 7.00. The number of fused-ring (bicyclic) bond motifs is 1. The molecule has 4 aromatic rings. The van der Waals surface area contributed by atoms with Crippen LogP contribution in [0.5, 0.6) is 0 Å². The number of hydrogen-bond acceptors (Lipinski definition) is 5. The van der Waals surface area contributed by atoms with Gasteiger partial charge in [0, 0.05) is 18.7 Å². The minimum Gasteiger partial charge on any atom is -0.321 e. The lowest BCUT2D eigenvalue weighted by Crippen LogP contribution is -2.36. The summed E-state index contributed by atoms with van der Waals surface area (Å²) in [7, 11) is 0. The molecule has 0 aliphatic carbocycles. The zero-order chi connectivity index (χ0) is 25.0. The molecule has 184 valence electrons. The summed E-state index contributed by atoms with van der Waals surface area (Å²) in [5.74, 6) is 0.850. The predicted molar refractivity (Wildman–Crippen MR) is 140 cm³/mol. The van der Waals surface area contributed by atoms with Crippen LogP contribution < -0.4 is 5.56 Å². The van der Waals surface area contributed by atoms with Gasteiger partial charge in [-0.3, -0.25) is 9.69 Å². The highest BCUT2D eigenvalue weighted by Crippen LogP contribution is 2.31. The SMILES string of the molecule is CCC[C@@H](c1nnnn1C(C)(C)CC)N(Cc1ccccc1)Cc1cc2cccc(C)c2[nH]c1=O. The number of hydrogen-bond donors (Lipinski definition) is 1. The van der Waals surface area contributed by atoms with E-state index in [2.05, 4.69) is 83.4 Å². The quantitative estimate of drug-likeness (QED) is 0.329. The maximum atomic E-state index is 13.2. The van der Waals surface area contributed by atoms with E-state index in [0.717, 1.165) is 47.1 Å². The monoisotopic (exact) mass is 472 g/mol. The number of rotatable bonds is 10. The smallest absolute Gasteiger partial charge is 0.252 e. The second-order valence-corrected chi connectivity index (χ2v) is 9.97. The molecule has 1 N–H and O–H groups in total. The number of aromatic nitrogens is 5. The van der Waals surface area contributed by atoms with Gasteiger partial charge in [0.1, 0.15) is 0 Å². The van der Waals surface area contributed by atoms with Crippen molar-refractivity contribution in [2.24, 2.45) is 0 Å². The normalized spacial score (nSPS) is 13.0. The van der Waals surface area contributed by atoms with Crippen LogP contribution in [0.3, 0.4) is 0 Å². The fourth-order valence-corrected chi connectivity index (χ4v) is 4.59. The molecule has 35 heavy (non-hydrogen) atoms. The Bertz CT molecular complexity index is 1320. The van der Waals surface area contributed by atoms with E-state index in [4.69, 9.17) is 0 Å². The Morgan fingerprint density at radius 2 is 1.83 bits per heavy atom. The van der Waals surface area contributed by atoms with Crippen molar-refractivity contribution in [3.8, 4) is 0 Å². The first-order chi connectivity index (χ1) is 16.8. The van der Waals surface area contributed by atoms with Gasteiger partial charge in [0.05, 0.1) is 17.1 Å². The summed E-state index contributed by atoms with van der Waals surface area (Å²) in [6, 6.07) is 18.5. The predicted octanol–water partition coefficient (Wildman–Crippen LogP) is 5.51. The van der Waals surface area contributed by atoms with Crippen molar-refractivity contribution in [2.75, 3.05) is 0 Å². The van der Waals surface area contributed by atoms with Crippen LogP contribution in [-0.4, -0.2) is 30.1 Å². The molecule has 0 unspecified atom stereocenters. The Kier molecular flexibility index (Phi) is 7.45. The molecule has 4 rings (SSSR count). The van der Waals surface area contributed by atoms with Crippen LogP contribution in [0.15, 0.2) is 59.4 Å². The summed E-state index contributed by atoms with van der Waals surface area (Å²) in [6.07, 6.45) is 2.77. The van der Waals surface area contributed by atoms with Gasteiger partial charge in [-0.05, 0) is 66.6 Å². The first-order valence-corrected chi connectivity index (χ1v) is 12.5. The largest absolute Gasteiger partial charge is 0.321 e. The minimum absolute atomic E-state index is 0.0337. The number of aryl methyl sites for hydroxylation is 1. The number of pyridine rings is 1. The molecular weight excluding hydrogens is 436 g/mol. The highest BCUT2D eigenvalue weighted by molar-refractivity contribution is 5.81. The molecule has 0 radical (unpaired) electrons. The van der Waals surface area contributed by atoms with E-state index in [1.807, 2.05) is 35.9 Å². The van der Waals surface area contributed by atoms with Crippen molar-refractivity contribution in [1.29, 1.82) is 0 Å². The van der Waals surface area contributed by atoms with Crippen molar-refractivity contribution < 1.29 is 0 Å². The molecule has 2 aromatic carbocycles. The van der Waals surface area contributed by atoms with Crippen molar-refractivity contribution in [2.45, 2.75) is 78.6 Å². The molecule has 0 saturated carbocycles. The zero-order valence-corrected chi connectivity index (χ0v) is 21.5. The van der Waals surface area contributed by atoms with Gasteiger partial charge >= 0.3 is 0 Å². The van der Waals surface area contributed by atoms with Crippen molar-refractivity contribution in [3.05, 3.63) is 87.5 Å². The fourth-order valence-electron chi connectivity index (χ4n) is 4.59. The average Bonchev–Trinajstić information content (AvgIpc) is 3.34. The Balaban J connectivity index is 1.79. The molecule has 2 aromatic heterocycles. The third kappa shape index (κ3) is 5.35. The van der Waals surface area contributed by atoms with E-state index in [0.29, 0.717) is 13.1 Å². The topological polar surface area (TPSA) is 79.7 Å². The van der Waals surface area contributed by atoms with Gasteiger partial charge in [-0.1, -0.05) is 68.8 Å². The first kappa shape index (κ1) is 24.8. The second kappa shape index (κ2) is 10.5. The minimum atomic E-state index is -0.207. The molecule has 1 atom stereocenters. The van der Waals surface area contributed by atoms with Crippen LogP contribution in [0, 0.1) is 6.92 Å². The van der Waals surface area contributed by atoms with Crippen LogP contribution in [-0.2, 0) is 18.6 Å². The summed E-state index contributed by atoms with van der Waals surface area (Å²) in [5.41, 5.74) is 3.64. The fraction of sp³-hybridized carbons (Fsp3) is 0.429. The molecule has 7 heteroatoms. The van der Waals surface area contributed by atoms with Gasteiger partial charge in [0.2, 0.25) is 0 Å². The molecule has 0 aliphatic heterocycles. The molecule has 0 bridgehead atoms. The second-order valence-electron chi connectivity index (χ2n) is 9.97. The Labute approximate surface area is 207 Å². The Hall–Kier alpha value is -3.32. The number of benzene rings is 2. The van der Waals surface area contributed by atoms with Gasteiger partial charge in [0.25, 0.3) is 5.56 Å². The Morgan fingerprint density at radius 3 is 2.54 bits per heavy atom. The van der Waals surface area contributed by atoms with Crippen LogP contribution in [0.25, 0.3) is 10.9 Å². The summed E-state index contributed by atoms with van der Waals surface area (Å²) < 4.78 is 1.97. The number of nitrogens with one attached hydrogen (secondary N) is 1. The van der Waals surface area contributed by atoms with E-state index in [9.17, 15) is 4.79 Å². The van der Waals surface area contributed by atoms with E-state index in [1.165, 1.54) is 5.56 Å². The van der Waals surface area contributed by atoms with E-state index in [1.54, 1.807) is 0 Å². The lowest BCUT2D eigenvalue weighted by Gasteiger charge is -2.33. The Morgan fingerprint density at radius 1 is 1.06 bits per heavy atom. The van der Waals surface area contributed by atoms with Crippen LogP contribution in [0.2, 0.25) is 0 Å². The van der Waals surface area contributed by atoms with E-state index < -0.39 is 0 Å². The average molecular weight is 473 g/mol. The van der Waals surface area contributed by atoms with Crippen LogP contribution >= 0.6 is 0 Å². The van der Waals surface area contributed by atoms with Crippen molar-refractivity contribution in [3.63, 3.8) is 0 Å². The van der Waals surface area contributed by atoms with Gasteiger partial charge in [-0.25, -0.2) is 4.68 Å². The van der Waals surface area contributed by atoms with Crippen LogP contribution in [0.1, 0.15) is 75.5 Å². The lowest BCUT2D eigenvalue weighted by atomic mass is 10.00. The standard InChI is InChI=1S/C28H36N6O/c1-6-12-24(26-30-31-32-34(26)28(4,5)7-2)33(18-21-14-9-8-10-15-21)19-23-17-22-16-11-13-20(3)25(22)29-27(23)35/h8-11,13-17,24H,6-7,12,18-19H2,1-5H3,(H,29,35)/t24-/m0/s1. The molecule has 0 spiro atoms. The number of nitrogens with zero attached hydrogens (tertiary/aromatic N) is 5. The maximum absolute atomic E-state index is 13.2. The van der Waals surface area contributed by atoms with E-state index in [-0.39, 0.29) is 17.1 Å². The number of H-pyrrole nitrogens is 1. The maximum Gasteiger partial charge on any atom is 0.252 e. The van der Waals surface area contributed by atoms with Crippen molar-refractivity contribution in [1.82, 2.24) is 30.1 Å². The van der Waals surface area contributed by atoms with Gasteiger partial charge in [-0.2, -0.15) is 0 Å². The first-order valence-electron chi connectivity index (χ1n) is 12.5. The van der Waals surface area contributed by atoms with E-state index >= 15 is 0 Å².